The predicted octanol–water partition coefficient (Wildman–Crippen LogP) is 1.54. The molecule has 0 N–H and O–H groups in total. The first kappa shape index (κ1) is 5.20. The molecule has 1 aliphatic heterocycles. The number of rotatable bonds is 0. The molecule has 1 aliphatic rings. The lowest BCUT2D eigenvalue weighted by Gasteiger charge is -1.83. The fourth-order valence-corrected chi connectivity index (χ4v) is 1.78. The molecule has 0 spiro atoms. The molecule has 0 amide bonds. The van der Waals surface area contributed by atoms with Crippen LogP contribution >= 0.6 is 8.03 Å². The van der Waals surface area contributed by atoms with E-state index in [0.29, 0.717) is 0 Å². The molecule has 0 radical (unpaired) electrons. The Morgan fingerprint density at radius 2 is 2.57 bits per heavy atom. The molecule has 1 fully saturated rings. The van der Waals surface area contributed by atoms with Crippen molar-refractivity contribution in [3.8, 4) is 0 Å². The van der Waals surface area contributed by atoms with Crippen LogP contribution in [0.3, 0.4) is 0 Å². The van der Waals surface area contributed by atoms with Crippen molar-refractivity contribution >= 4 is 8.03 Å². The first-order valence-electron chi connectivity index (χ1n) is 2.40. The van der Waals surface area contributed by atoms with E-state index >= 15 is 0 Å². The van der Waals surface area contributed by atoms with Gasteiger partial charge in [-0.1, -0.05) is 0 Å². The maximum Gasteiger partial charge on any atom is 0.508 e. The average molecular weight is 119 g/mol. The van der Waals surface area contributed by atoms with Crippen molar-refractivity contribution in [2.45, 2.75) is 19.4 Å². The summed E-state index contributed by atoms with van der Waals surface area (Å²) in [6.45, 7) is 1.94. The number of hydrogen-bond acceptors (Lipinski definition) is 2. The molecular weight excluding hydrogens is 111 g/mol. The summed E-state index contributed by atoms with van der Waals surface area (Å²) in [6.07, 6.45) is 1.97. The van der Waals surface area contributed by atoms with Gasteiger partial charge in [-0.2, -0.15) is 0 Å². The highest BCUT2D eigenvalue weighted by molar-refractivity contribution is 7.39. The molecule has 2 nitrogen and oxygen atoms in total. The molecule has 0 saturated carbocycles. The second kappa shape index (κ2) is 1.89. The highest BCUT2D eigenvalue weighted by Crippen LogP contribution is 2.33. The van der Waals surface area contributed by atoms with Crippen LogP contribution in [0.15, 0.2) is 0 Å². The summed E-state index contributed by atoms with van der Waals surface area (Å²) in [6, 6.07) is 0. The van der Waals surface area contributed by atoms with Gasteiger partial charge in [0.1, 0.15) is 6.10 Å². The van der Waals surface area contributed by atoms with Crippen LogP contribution in [0, 0.1) is 0 Å². The molecule has 40 valence electrons. The Bertz CT molecular complexity index is 91.7. The maximum absolute atomic E-state index is 10.4. The van der Waals surface area contributed by atoms with Crippen molar-refractivity contribution in [2.75, 3.05) is 6.16 Å². The van der Waals surface area contributed by atoms with Gasteiger partial charge in [-0.25, -0.2) is 0 Å². The number of hydrogen-bond donors (Lipinski definition) is 0. The highest BCUT2D eigenvalue weighted by Gasteiger charge is 2.30. The second-order valence-electron chi connectivity index (χ2n) is 1.76. The van der Waals surface area contributed by atoms with Crippen LogP contribution < -0.4 is 0 Å². The maximum atomic E-state index is 10.4. The Kier molecular flexibility index (Phi) is 1.40. The Balaban J connectivity index is 2.40. The zero-order valence-electron chi connectivity index (χ0n) is 4.26. The standard InChI is InChI=1S/C4H8O2P/c1-4-2-3-7(5)6-4/h4H,2-3H2,1H3/q+1. The molecule has 1 rings (SSSR count). The van der Waals surface area contributed by atoms with E-state index in [2.05, 4.69) is 0 Å². The topological polar surface area (TPSA) is 26.3 Å². The summed E-state index contributed by atoms with van der Waals surface area (Å²) in [5.74, 6) is 0. The Hall–Kier alpha value is 0.0600. The summed E-state index contributed by atoms with van der Waals surface area (Å²) in [5, 5.41) is 0. The fourth-order valence-electron chi connectivity index (χ4n) is 0.593. The van der Waals surface area contributed by atoms with Crippen molar-refractivity contribution in [1.82, 2.24) is 0 Å². The van der Waals surface area contributed by atoms with Gasteiger partial charge in [-0.05, 0) is 11.5 Å². The fraction of sp³-hybridized carbons (Fsp3) is 1.00. The minimum Gasteiger partial charge on any atom is -0.143 e. The van der Waals surface area contributed by atoms with Crippen molar-refractivity contribution in [3.05, 3.63) is 0 Å². The normalized spacial score (nSPS) is 36.7. The Morgan fingerprint density at radius 1 is 1.86 bits per heavy atom. The zero-order chi connectivity index (χ0) is 5.28. The van der Waals surface area contributed by atoms with Gasteiger partial charge in [0.15, 0.2) is 6.16 Å². The van der Waals surface area contributed by atoms with E-state index < -0.39 is 8.03 Å². The largest absolute Gasteiger partial charge is 0.508 e. The third-order valence-electron chi connectivity index (χ3n) is 1.02. The summed E-state index contributed by atoms with van der Waals surface area (Å²) in [4.78, 5) is 0. The van der Waals surface area contributed by atoms with Crippen LogP contribution in [0.1, 0.15) is 13.3 Å². The van der Waals surface area contributed by atoms with Crippen LogP contribution in [0.25, 0.3) is 0 Å². The summed E-state index contributed by atoms with van der Waals surface area (Å²) < 4.78 is 15.2. The Morgan fingerprint density at radius 3 is 2.71 bits per heavy atom. The molecule has 2 unspecified atom stereocenters. The minimum absolute atomic E-state index is 0.239. The van der Waals surface area contributed by atoms with Crippen LogP contribution in [0.4, 0.5) is 0 Å². The lowest BCUT2D eigenvalue weighted by atomic mass is 10.3. The summed E-state index contributed by atoms with van der Waals surface area (Å²) >= 11 is 0. The summed E-state index contributed by atoms with van der Waals surface area (Å²) in [5.41, 5.74) is 0. The molecule has 1 saturated heterocycles. The van der Waals surface area contributed by atoms with Gasteiger partial charge in [0.25, 0.3) is 0 Å². The Labute approximate surface area is 43.7 Å². The van der Waals surface area contributed by atoms with E-state index in [1.165, 1.54) is 0 Å². The van der Waals surface area contributed by atoms with Gasteiger partial charge in [0.2, 0.25) is 0 Å². The van der Waals surface area contributed by atoms with Crippen LogP contribution in [-0.2, 0) is 9.09 Å². The summed E-state index contributed by atoms with van der Waals surface area (Å²) in [7, 11) is -1.25. The predicted molar refractivity (Wildman–Crippen MR) is 27.6 cm³/mol. The van der Waals surface area contributed by atoms with E-state index in [9.17, 15) is 4.57 Å². The highest BCUT2D eigenvalue weighted by atomic mass is 31.1. The zero-order valence-corrected chi connectivity index (χ0v) is 5.15. The van der Waals surface area contributed by atoms with Gasteiger partial charge in [-0.3, -0.25) is 0 Å². The van der Waals surface area contributed by atoms with Gasteiger partial charge in [0, 0.05) is 6.42 Å². The van der Waals surface area contributed by atoms with Gasteiger partial charge >= 0.3 is 8.03 Å². The van der Waals surface area contributed by atoms with E-state index in [-0.39, 0.29) is 6.10 Å². The van der Waals surface area contributed by atoms with Crippen LogP contribution in [-0.4, -0.2) is 12.3 Å². The molecule has 0 aliphatic carbocycles. The van der Waals surface area contributed by atoms with Gasteiger partial charge in [-0.15, -0.1) is 4.52 Å². The molecule has 0 aromatic heterocycles. The third-order valence-corrected chi connectivity index (χ3v) is 2.23. The van der Waals surface area contributed by atoms with E-state index in [4.69, 9.17) is 4.52 Å². The lowest BCUT2D eigenvalue weighted by Crippen LogP contribution is -1.92. The van der Waals surface area contributed by atoms with Gasteiger partial charge < -0.3 is 0 Å². The quantitative estimate of drug-likeness (QED) is 0.452. The first-order chi connectivity index (χ1) is 3.29. The molecule has 0 bridgehead atoms. The van der Waals surface area contributed by atoms with E-state index in [1.54, 1.807) is 0 Å². The van der Waals surface area contributed by atoms with E-state index in [0.717, 1.165) is 12.6 Å². The first-order valence-corrected chi connectivity index (χ1v) is 3.77. The molecule has 7 heavy (non-hydrogen) atoms. The van der Waals surface area contributed by atoms with Crippen molar-refractivity contribution in [3.63, 3.8) is 0 Å². The van der Waals surface area contributed by atoms with Crippen LogP contribution in [0.5, 0.6) is 0 Å². The lowest BCUT2D eigenvalue weighted by molar-refractivity contribution is 0.263. The van der Waals surface area contributed by atoms with Crippen molar-refractivity contribution < 1.29 is 9.09 Å². The van der Waals surface area contributed by atoms with Crippen LogP contribution in [0.2, 0.25) is 0 Å². The van der Waals surface area contributed by atoms with E-state index in [1.807, 2.05) is 6.92 Å². The molecule has 0 aromatic carbocycles. The smallest absolute Gasteiger partial charge is 0.143 e. The molecular formula is C4H8O2P+. The third kappa shape index (κ3) is 1.22. The average Bonchev–Trinajstić information content (AvgIpc) is 1.87. The molecule has 3 heteroatoms. The van der Waals surface area contributed by atoms with Crippen molar-refractivity contribution in [1.29, 1.82) is 0 Å². The van der Waals surface area contributed by atoms with Gasteiger partial charge in [0.05, 0.1) is 0 Å². The minimum atomic E-state index is -1.25. The molecule has 0 aromatic rings. The SMILES string of the molecule is CC1CC[P+](=O)O1. The molecule has 2 atom stereocenters. The molecule has 1 heterocycles. The monoisotopic (exact) mass is 119 g/mol. The van der Waals surface area contributed by atoms with Crippen molar-refractivity contribution in [2.24, 2.45) is 0 Å². The second-order valence-corrected chi connectivity index (χ2v) is 3.08.